The van der Waals surface area contributed by atoms with Crippen molar-refractivity contribution in [2.75, 3.05) is 6.61 Å². The third kappa shape index (κ3) is 2.68. The minimum atomic E-state index is -0.680. The van der Waals surface area contributed by atoms with Gasteiger partial charge in [-0.25, -0.2) is 9.50 Å². The molecule has 0 aliphatic carbocycles. The van der Waals surface area contributed by atoms with E-state index < -0.39 is 5.54 Å². The Morgan fingerprint density at radius 2 is 2.33 bits per heavy atom. The molecule has 0 bridgehead atoms. The summed E-state index contributed by atoms with van der Waals surface area (Å²) >= 11 is 3.28. The average molecular weight is 313 g/mol. The van der Waals surface area contributed by atoms with Crippen LogP contribution < -0.4 is 5.32 Å². The van der Waals surface area contributed by atoms with E-state index in [4.69, 9.17) is 5.11 Å². The monoisotopic (exact) mass is 312 g/mol. The Balaban J connectivity index is 2.28. The van der Waals surface area contributed by atoms with Gasteiger partial charge in [-0.2, -0.15) is 5.10 Å². The molecule has 2 aromatic heterocycles. The molecule has 0 aromatic carbocycles. The molecule has 0 fully saturated rings. The van der Waals surface area contributed by atoms with Crippen molar-refractivity contribution in [2.45, 2.75) is 19.4 Å². The predicted octanol–water partition coefficient (Wildman–Crippen LogP) is 0.993. The molecule has 0 atom stereocenters. The van der Waals surface area contributed by atoms with E-state index in [-0.39, 0.29) is 18.2 Å². The second-order valence-corrected chi connectivity index (χ2v) is 5.52. The number of aromatic nitrogens is 3. The first-order chi connectivity index (χ1) is 8.41. The molecule has 0 radical (unpaired) electrons. The molecule has 2 heterocycles. The molecule has 0 saturated carbocycles. The number of aliphatic hydroxyl groups excluding tert-OH is 1. The number of amides is 1. The molecule has 0 spiro atoms. The minimum absolute atomic E-state index is 0.143. The zero-order valence-corrected chi connectivity index (χ0v) is 11.6. The van der Waals surface area contributed by atoms with Crippen LogP contribution in [-0.4, -0.2) is 37.8 Å². The van der Waals surface area contributed by atoms with Crippen molar-refractivity contribution in [3.8, 4) is 0 Å². The van der Waals surface area contributed by atoms with Gasteiger partial charge in [-0.1, -0.05) is 0 Å². The van der Waals surface area contributed by atoms with Crippen LogP contribution in [0.3, 0.4) is 0 Å². The largest absolute Gasteiger partial charge is 0.394 e. The van der Waals surface area contributed by atoms with Gasteiger partial charge in [0, 0.05) is 18.5 Å². The average Bonchev–Trinajstić information content (AvgIpc) is 2.71. The summed E-state index contributed by atoms with van der Waals surface area (Å²) in [7, 11) is 0. The van der Waals surface area contributed by atoms with Crippen LogP contribution in [0.4, 0.5) is 0 Å². The van der Waals surface area contributed by atoms with E-state index in [2.05, 4.69) is 31.3 Å². The zero-order chi connectivity index (χ0) is 13.3. The number of carbonyl (C=O) groups excluding carboxylic acids is 1. The Kier molecular flexibility index (Phi) is 3.36. The van der Waals surface area contributed by atoms with Crippen LogP contribution in [0.15, 0.2) is 22.9 Å². The van der Waals surface area contributed by atoms with Gasteiger partial charge in [0.1, 0.15) is 0 Å². The normalized spacial score (nSPS) is 11.8. The van der Waals surface area contributed by atoms with Gasteiger partial charge < -0.3 is 10.4 Å². The van der Waals surface area contributed by atoms with Crippen LogP contribution in [0.25, 0.3) is 5.65 Å². The lowest BCUT2D eigenvalue weighted by atomic mass is 10.1. The summed E-state index contributed by atoms with van der Waals surface area (Å²) in [6, 6.07) is 1.59. The van der Waals surface area contributed by atoms with Crippen molar-refractivity contribution >= 4 is 27.5 Å². The Morgan fingerprint density at radius 3 is 3.00 bits per heavy atom. The van der Waals surface area contributed by atoms with Crippen LogP contribution in [0.2, 0.25) is 0 Å². The number of hydrogen-bond donors (Lipinski definition) is 2. The first-order valence-corrected chi connectivity index (χ1v) is 6.15. The summed E-state index contributed by atoms with van der Waals surface area (Å²) in [5.41, 5.74) is 0.174. The van der Waals surface area contributed by atoms with Crippen molar-refractivity contribution in [1.29, 1.82) is 0 Å². The van der Waals surface area contributed by atoms with Crippen LogP contribution in [-0.2, 0) is 0 Å². The standard InChI is InChI=1S/C11H13BrN4O2/c1-11(2,6-17)14-10(18)8-3-9-13-4-7(12)5-16(9)15-8/h3-5,17H,6H2,1-2H3,(H,14,18). The maximum atomic E-state index is 11.9. The maximum Gasteiger partial charge on any atom is 0.272 e. The summed E-state index contributed by atoms with van der Waals surface area (Å²) < 4.78 is 2.30. The van der Waals surface area contributed by atoms with Crippen LogP contribution >= 0.6 is 15.9 Å². The molecule has 96 valence electrons. The molecular formula is C11H13BrN4O2. The molecule has 0 saturated heterocycles. The lowest BCUT2D eigenvalue weighted by Gasteiger charge is -2.22. The molecule has 0 aliphatic heterocycles. The van der Waals surface area contributed by atoms with Crippen molar-refractivity contribution in [1.82, 2.24) is 19.9 Å². The van der Waals surface area contributed by atoms with Crippen LogP contribution in [0.5, 0.6) is 0 Å². The SMILES string of the molecule is CC(C)(CO)NC(=O)c1cc2ncc(Br)cn2n1. The lowest BCUT2D eigenvalue weighted by Crippen LogP contribution is -2.46. The first-order valence-electron chi connectivity index (χ1n) is 5.35. The fourth-order valence-corrected chi connectivity index (χ4v) is 1.67. The summed E-state index contributed by atoms with van der Waals surface area (Å²) in [4.78, 5) is 16.1. The molecule has 7 heteroatoms. The molecule has 2 N–H and O–H groups in total. The number of fused-ring (bicyclic) bond motifs is 1. The predicted molar refractivity (Wildman–Crippen MR) is 69.3 cm³/mol. The first kappa shape index (κ1) is 13.0. The summed E-state index contributed by atoms with van der Waals surface area (Å²) in [6.45, 7) is 3.32. The van der Waals surface area contributed by atoms with Gasteiger partial charge in [-0.05, 0) is 29.8 Å². The Hall–Kier alpha value is -1.47. The second-order valence-electron chi connectivity index (χ2n) is 4.60. The van der Waals surface area contributed by atoms with Crippen LogP contribution in [0.1, 0.15) is 24.3 Å². The molecule has 2 rings (SSSR count). The minimum Gasteiger partial charge on any atom is -0.394 e. The molecule has 2 aromatic rings. The van der Waals surface area contributed by atoms with E-state index in [0.29, 0.717) is 5.65 Å². The van der Waals surface area contributed by atoms with Crippen molar-refractivity contribution in [2.24, 2.45) is 0 Å². The molecule has 6 nitrogen and oxygen atoms in total. The lowest BCUT2D eigenvalue weighted by molar-refractivity contribution is 0.0864. The highest BCUT2D eigenvalue weighted by atomic mass is 79.9. The second kappa shape index (κ2) is 4.66. The van der Waals surface area contributed by atoms with E-state index >= 15 is 0 Å². The number of nitrogens with zero attached hydrogens (tertiary/aromatic N) is 3. The Labute approximate surface area is 112 Å². The van der Waals surface area contributed by atoms with E-state index in [1.807, 2.05) is 0 Å². The van der Waals surface area contributed by atoms with Crippen molar-refractivity contribution < 1.29 is 9.90 Å². The molecule has 0 aliphatic rings. The summed E-state index contributed by atoms with van der Waals surface area (Å²) in [5.74, 6) is -0.337. The fraction of sp³-hybridized carbons (Fsp3) is 0.364. The number of rotatable bonds is 3. The third-order valence-electron chi connectivity index (χ3n) is 2.36. The van der Waals surface area contributed by atoms with Gasteiger partial charge in [0.15, 0.2) is 11.3 Å². The highest BCUT2D eigenvalue weighted by molar-refractivity contribution is 9.10. The maximum absolute atomic E-state index is 11.9. The molecule has 18 heavy (non-hydrogen) atoms. The number of nitrogens with one attached hydrogen (secondary N) is 1. The Morgan fingerprint density at radius 1 is 1.61 bits per heavy atom. The number of hydrogen-bond acceptors (Lipinski definition) is 4. The fourth-order valence-electron chi connectivity index (χ4n) is 1.38. The highest BCUT2D eigenvalue weighted by Gasteiger charge is 2.21. The van der Waals surface area contributed by atoms with Crippen molar-refractivity contribution in [3.63, 3.8) is 0 Å². The van der Waals surface area contributed by atoms with Gasteiger partial charge in [0.05, 0.1) is 16.6 Å². The zero-order valence-electron chi connectivity index (χ0n) is 10.0. The van der Waals surface area contributed by atoms with Gasteiger partial charge in [0.2, 0.25) is 0 Å². The Bertz CT molecular complexity index is 594. The summed E-state index contributed by atoms with van der Waals surface area (Å²) in [6.07, 6.45) is 3.35. The molecular weight excluding hydrogens is 300 g/mol. The van der Waals surface area contributed by atoms with Gasteiger partial charge in [0.25, 0.3) is 5.91 Å². The van der Waals surface area contributed by atoms with E-state index in [1.165, 1.54) is 4.52 Å². The van der Waals surface area contributed by atoms with Gasteiger partial charge in [-0.3, -0.25) is 4.79 Å². The number of carbonyl (C=O) groups is 1. The van der Waals surface area contributed by atoms with E-state index in [0.717, 1.165) is 4.47 Å². The number of halogens is 1. The summed E-state index contributed by atoms with van der Waals surface area (Å²) in [5, 5.41) is 15.9. The van der Waals surface area contributed by atoms with E-state index in [9.17, 15) is 4.79 Å². The van der Waals surface area contributed by atoms with Crippen molar-refractivity contribution in [3.05, 3.63) is 28.6 Å². The van der Waals surface area contributed by atoms with Gasteiger partial charge in [-0.15, -0.1) is 0 Å². The third-order valence-corrected chi connectivity index (χ3v) is 2.77. The number of aliphatic hydroxyl groups is 1. The van der Waals surface area contributed by atoms with Gasteiger partial charge >= 0.3 is 0 Å². The molecule has 0 unspecified atom stereocenters. The smallest absolute Gasteiger partial charge is 0.272 e. The highest BCUT2D eigenvalue weighted by Crippen LogP contribution is 2.11. The van der Waals surface area contributed by atoms with E-state index in [1.54, 1.807) is 32.3 Å². The topological polar surface area (TPSA) is 79.5 Å². The quantitative estimate of drug-likeness (QED) is 0.886. The van der Waals surface area contributed by atoms with Crippen LogP contribution in [0, 0.1) is 0 Å². The molecule has 1 amide bonds.